The van der Waals surface area contributed by atoms with Gasteiger partial charge >= 0.3 is 0 Å². The number of rotatable bonds is 4. The second-order valence-electron chi connectivity index (χ2n) is 12.8. The van der Waals surface area contributed by atoms with E-state index in [0.29, 0.717) is 38.1 Å². The summed E-state index contributed by atoms with van der Waals surface area (Å²) < 4.78 is 17.9. The lowest BCUT2D eigenvalue weighted by atomic mass is 9.75. The van der Waals surface area contributed by atoms with Gasteiger partial charge in [-0.15, -0.1) is 45.3 Å². The molecule has 0 atom stereocenters. The number of benzene rings is 1. The average Bonchev–Trinajstić information content (AvgIpc) is 3.93. The van der Waals surface area contributed by atoms with Gasteiger partial charge in [-0.25, -0.2) is 0 Å². The lowest BCUT2D eigenvalue weighted by Gasteiger charge is -2.42. The largest absolute Gasteiger partial charge is 0.487 e. The summed E-state index contributed by atoms with van der Waals surface area (Å²) in [7, 11) is 0. The summed E-state index contributed by atoms with van der Waals surface area (Å²) in [5.74, 6) is 1.53. The van der Waals surface area contributed by atoms with E-state index >= 15 is 0 Å². The van der Waals surface area contributed by atoms with Gasteiger partial charge in [0, 0.05) is 39.5 Å². The molecule has 1 fully saturated rings. The highest BCUT2D eigenvalue weighted by molar-refractivity contribution is 7.17. The van der Waals surface area contributed by atoms with Crippen LogP contribution in [0.4, 0.5) is 0 Å². The van der Waals surface area contributed by atoms with Crippen LogP contribution in [0.3, 0.4) is 0 Å². The van der Waals surface area contributed by atoms with Crippen LogP contribution in [-0.2, 0) is 25.3 Å². The molecular weight excluding hydrogens is 745 g/mol. The van der Waals surface area contributed by atoms with Crippen molar-refractivity contribution in [3.05, 3.63) is 84.2 Å². The highest BCUT2D eigenvalue weighted by Gasteiger charge is 2.43. The van der Waals surface area contributed by atoms with Gasteiger partial charge < -0.3 is 9.47 Å². The van der Waals surface area contributed by atoms with Crippen LogP contribution in [0.5, 0.6) is 11.5 Å². The number of ether oxygens (including phenoxy) is 2. The van der Waals surface area contributed by atoms with Crippen molar-refractivity contribution in [1.82, 2.24) is 9.13 Å². The average molecular weight is 773 g/mol. The fourth-order valence-electron chi connectivity index (χ4n) is 7.43. The summed E-state index contributed by atoms with van der Waals surface area (Å²) in [5, 5.41) is 37.9. The Morgan fingerprint density at radius 3 is 1.79 bits per heavy atom. The third-order valence-corrected chi connectivity index (χ3v) is 14.3. The van der Waals surface area contributed by atoms with E-state index in [1.54, 1.807) is 11.3 Å². The van der Waals surface area contributed by atoms with Crippen molar-refractivity contribution in [2.24, 2.45) is 0 Å². The van der Waals surface area contributed by atoms with Crippen molar-refractivity contribution >= 4 is 68.6 Å². The molecule has 2 aliphatic heterocycles. The van der Waals surface area contributed by atoms with E-state index in [1.807, 2.05) is 62.4 Å². The SMILES string of the molecule is CCn1c(=C(C#N)C#N)s/c(=C/c2cc3c(s2)-c2cc4c(cc2CO3)-c2sc(/C=c3/sc(=C(C#N)C#N)n(CC)c3=O)cc2OC42CCCCC2)c1=O. The fourth-order valence-corrected chi connectivity index (χ4v) is 11.9. The predicted octanol–water partition coefficient (Wildman–Crippen LogP) is 5.13. The molecule has 14 heteroatoms. The predicted molar refractivity (Wildman–Crippen MR) is 206 cm³/mol. The molecule has 0 amide bonds. The van der Waals surface area contributed by atoms with Gasteiger partial charge in [0.2, 0.25) is 0 Å². The molecule has 3 aliphatic rings. The zero-order chi connectivity index (χ0) is 37.0. The van der Waals surface area contributed by atoms with Crippen molar-refractivity contribution in [3.63, 3.8) is 0 Å². The van der Waals surface area contributed by atoms with E-state index in [4.69, 9.17) is 9.47 Å². The smallest absolute Gasteiger partial charge is 0.269 e. The summed E-state index contributed by atoms with van der Waals surface area (Å²) >= 11 is 5.39. The number of hydrogen-bond donors (Lipinski definition) is 0. The van der Waals surface area contributed by atoms with Gasteiger partial charge in [-0.1, -0.05) is 6.42 Å². The minimum atomic E-state index is -0.499. The van der Waals surface area contributed by atoms with Crippen LogP contribution < -0.4 is 39.0 Å². The first kappa shape index (κ1) is 34.6. The first-order valence-corrected chi connectivity index (χ1v) is 20.3. The van der Waals surface area contributed by atoms with Crippen LogP contribution in [0.25, 0.3) is 44.2 Å². The Kier molecular flexibility index (Phi) is 8.81. The third-order valence-electron chi connectivity index (χ3n) is 9.88. The molecule has 0 saturated heterocycles. The number of aromatic nitrogens is 2. The quantitative estimate of drug-likeness (QED) is 0.244. The molecule has 0 radical (unpaired) electrons. The molecule has 1 spiro atoms. The number of hydrogen-bond acceptors (Lipinski definition) is 12. The minimum Gasteiger partial charge on any atom is -0.487 e. The van der Waals surface area contributed by atoms with Crippen molar-refractivity contribution in [1.29, 1.82) is 21.0 Å². The molecule has 0 N–H and O–H groups in total. The maximum absolute atomic E-state index is 13.3. The van der Waals surface area contributed by atoms with Gasteiger partial charge in [0.15, 0.2) is 11.1 Å². The molecular formula is C39H28N6O4S4. The number of nitriles is 4. The molecule has 4 aromatic heterocycles. The highest BCUT2D eigenvalue weighted by Crippen LogP contribution is 2.56. The Morgan fingerprint density at radius 2 is 1.26 bits per heavy atom. The van der Waals surface area contributed by atoms with Crippen LogP contribution in [-0.4, -0.2) is 9.13 Å². The molecule has 1 saturated carbocycles. The van der Waals surface area contributed by atoms with E-state index in [2.05, 4.69) is 12.1 Å². The second kappa shape index (κ2) is 13.5. The van der Waals surface area contributed by atoms with Gasteiger partial charge in [-0.05, 0) is 81.5 Å². The normalized spacial score (nSPS) is 15.4. The summed E-state index contributed by atoms with van der Waals surface area (Å²) in [6.45, 7) is 4.71. The van der Waals surface area contributed by atoms with Crippen molar-refractivity contribution in [2.75, 3.05) is 0 Å². The molecule has 8 rings (SSSR count). The molecule has 0 unspecified atom stereocenters. The molecule has 0 bridgehead atoms. The molecule has 53 heavy (non-hydrogen) atoms. The maximum Gasteiger partial charge on any atom is 0.269 e. The summed E-state index contributed by atoms with van der Waals surface area (Å²) in [6, 6.07) is 16.1. The summed E-state index contributed by atoms with van der Waals surface area (Å²) in [6.07, 6.45) is 8.63. The van der Waals surface area contributed by atoms with Gasteiger partial charge in [-0.2, -0.15) is 21.0 Å². The molecule has 5 aromatic rings. The van der Waals surface area contributed by atoms with Gasteiger partial charge in [0.1, 0.15) is 57.3 Å². The van der Waals surface area contributed by atoms with E-state index in [1.165, 1.54) is 20.5 Å². The zero-order valence-corrected chi connectivity index (χ0v) is 31.8. The molecule has 6 heterocycles. The standard InChI is InChI=1S/C39H28N6O4S4/c1-3-44-35(46)31(52-37(44)22(16-40)17-41)13-24-11-29-33(50-24)26-15-28-27(10-21(26)20-48-29)34-30(49-39(28)8-6-5-7-9-39)12-25(51-34)14-32-36(47)45(4-2)38(53-32)23(18-42)19-43/h10-15H,3-9,20H2,1-2H3/b31-13+,32-14+. The Bertz CT molecular complexity index is 2910. The second-order valence-corrected chi connectivity index (χ2v) is 17.0. The van der Waals surface area contributed by atoms with Gasteiger partial charge in [0.05, 0.1) is 18.8 Å². The van der Waals surface area contributed by atoms with E-state index < -0.39 is 5.60 Å². The van der Waals surface area contributed by atoms with Crippen molar-refractivity contribution < 1.29 is 9.47 Å². The lowest BCUT2D eigenvalue weighted by molar-refractivity contribution is 0.0245. The van der Waals surface area contributed by atoms with Crippen molar-refractivity contribution in [3.8, 4) is 56.7 Å². The monoisotopic (exact) mass is 772 g/mol. The highest BCUT2D eigenvalue weighted by atomic mass is 32.1. The third kappa shape index (κ3) is 5.58. The lowest BCUT2D eigenvalue weighted by Crippen LogP contribution is -2.38. The number of thiophene rings is 2. The van der Waals surface area contributed by atoms with Crippen LogP contribution in [0, 0.1) is 45.3 Å². The number of fused-ring (bicyclic) bond motifs is 7. The minimum absolute atomic E-state index is 0.0784. The molecule has 1 aliphatic carbocycles. The van der Waals surface area contributed by atoms with E-state index in [0.717, 1.165) is 108 Å². The molecule has 10 nitrogen and oxygen atoms in total. The van der Waals surface area contributed by atoms with Crippen LogP contribution in [0.1, 0.15) is 66.8 Å². The van der Waals surface area contributed by atoms with Crippen LogP contribution in [0.15, 0.2) is 33.9 Å². The van der Waals surface area contributed by atoms with E-state index in [-0.39, 0.29) is 22.3 Å². The Hall–Kier alpha value is -5.48. The van der Waals surface area contributed by atoms with E-state index in [9.17, 15) is 30.6 Å². The first-order chi connectivity index (χ1) is 25.8. The number of thiazole rings is 2. The Balaban J connectivity index is 1.26. The Morgan fingerprint density at radius 1 is 0.736 bits per heavy atom. The molecule has 262 valence electrons. The summed E-state index contributed by atoms with van der Waals surface area (Å²) in [4.78, 5) is 30.2. The van der Waals surface area contributed by atoms with Gasteiger partial charge in [0.25, 0.3) is 11.1 Å². The van der Waals surface area contributed by atoms with Gasteiger partial charge in [-0.3, -0.25) is 18.7 Å². The topological polar surface area (TPSA) is 158 Å². The van der Waals surface area contributed by atoms with Crippen LogP contribution in [0.2, 0.25) is 0 Å². The molecule has 1 aromatic carbocycles. The first-order valence-electron chi connectivity index (χ1n) is 17.1. The Labute approximate surface area is 318 Å². The zero-order valence-electron chi connectivity index (χ0n) is 28.6. The summed E-state index contributed by atoms with van der Waals surface area (Å²) in [5.41, 5.74) is 3.23. The number of nitrogens with zero attached hydrogens (tertiary/aromatic N) is 6. The fraction of sp³-hybridized carbons (Fsp3) is 0.282. The maximum atomic E-state index is 13.3. The van der Waals surface area contributed by atoms with Crippen LogP contribution >= 0.6 is 45.3 Å². The van der Waals surface area contributed by atoms with Crippen molar-refractivity contribution in [2.45, 2.75) is 71.2 Å².